The molecule has 0 aliphatic rings. The minimum atomic E-state index is -1.60. The summed E-state index contributed by atoms with van der Waals surface area (Å²) >= 11 is 0. The average molecular weight is 287 g/mol. The Bertz CT molecular complexity index is 225. The van der Waals surface area contributed by atoms with Gasteiger partial charge in [0.05, 0.1) is 0 Å². The van der Waals surface area contributed by atoms with Crippen LogP contribution >= 0.6 is 0 Å². The molecule has 19 heavy (non-hydrogen) atoms. The summed E-state index contributed by atoms with van der Waals surface area (Å²) in [5.41, 5.74) is 1.27. The molecular formula is C17H38OSi. The third-order valence-corrected chi connectivity index (χ3v) is 11.0. The minimum Gasteiger partial charge on any atom is -0.417 e. The van der Waals surface area contributed by atoms with Gasteiger partial charge >= 0.3 is 0 Å². The molecule has 0 radical (unpaired) electrons. The predicted octanol–water partition coefficient (Wildman–Crippen LogP) is 6.39. The Hall–Kier alpha value is 0.177. The molecule has 0 aromatic carbocycles. The number of hydrogen-bond acceptors (Lipinski definition) is 1. The molecule has 0 N–H and O–H groups in total. The second-order valence-corrected chi connectivity index (χ2v) is 10.9. The average Bonchev–Trinajstić information content (AvgIpc) is 2.43. The van der Waals surface area contributed by atoms with E-state index in [0.29, 0.717) is 5.41 Å². The zero-order valence-electron chi connectivity index (χ0n) is 14.6. The minimum absolute atomic E-state index is 0.485. The predicted molar refractivity (Wildman–Crippen MR) is 90.3 cm³/mol. The molecule has 0 aromatic heterocycles. The third-order valence-electron chi connectivity index (χ3n) is 5.33. The molecule has 2 heteroatoms. The van der Waals surface area contributed by atoms with Gasteiger partial charge < -0.3 is 4.43 Å². The van der Waals surface area contributed by atoms with Gasteiger partial charge in [0.25, 0.3) is 0 Å². The van der Waals surface area contributed by atoms with Gasteiger partial charge in [-0.05, 0) is 30.0 Å². The molecular weight excluding hydrogens is 248 g/mol. The first-order valence-electron chi connectivity index (χ1n) is 8.57. The van der Waals surface area contributed by atoms with Crippen molar-refractivity contribution in [1.29, 1.82) is 0 Å². The van der Waals surface area contributed by atoms with Crippen LogP contribution in [0.1, 0.15) is 80.6 Å². The van der Waals surface area contributed by atoms with Crippen LogP contribution in [0.2, 0.25) is 17.6 Å². The molecule has 0 fully saturated rings. The highest BCUT2D eigenvalue weighted by Gasteiger charge is 2.43. The van der Waals surface area contributed by atoms with Crippen LogP contribution < -0.4 is 0 Å². The summed E-state index contributed by atoms with van der Waals surface area (Å²) in [4.78, 5) is 0. The largest absolute Gasteiger partial charge is 0.417 e. The SMILES string of the molecule is CCCC[Si](CC(C)(CC)CC)(OCC)C(C)CC. The van der Waals surface area contributed by atoms with Crippen LogP contribution in [0.15, 0.2) is 0 Å². The van der Waals surface area contributed by atoms with Crippen LogP contribution in [0, 0.1) is 5.41 Å². The van der Waals surface area contributed by atoms with Crippen molar-refractivity contribution in [3.8, 4) is 0 Å². The highest BCUT2D eigenvalue weighted by molar-refractivity contribution is 6.75. The lowest BCUT2D eigenvalue weighted by Crippen LogP contribution is -2.46. The molecule has 0 spiro atoms. The lowest BCUT2D eigenvalue weighted by atomic mass is 9.87. The summed E-state index contributed by atoms with van der Waals surface area (Å²) in [5, 5.41) is 0. The van der Waals surface area contributed by atoms with Crippen LogP contribution in [0.3, 0.4) is 0 Å². The second-order valence-electron chi connectivity index (χ2n) is 6.61. The number of hydrogen-bond donors (Lipinski definition) is 0. The van der Waals surface area contributed by atoms with Crippen molar-refractivity contribution in [3.63, 3.8) is 0 Å². The molecule has 0 aliphatic carbocycles. The lowest BCUT2D eigenvalue weighted by molar-refractivity contribution is 0.263. The fourth-order valence-corrected chi connectivity index (χ4v) is 8.90. The monoisotopic (exact) mass is 286 g/mol. The Morgan fingerprint density at radius 1 is 1.05 bits per heavy atom. The highest BCUT2D eigenvalue weighted by Crippen LogP contribution is 2.44. The Balaban J connectivity index is 5.17. The van der Waals surface area contributed by atoms with Crippen molar-refractivity contribution in [3.05, 3.63) is 0 Å². The van der Waals surface area contributed by atoms with E-state index in [1.54, 1.807) is 0 Å². The zero-order valence-corrected chi connectivity index (χ0v) is 15.6. The summed E-state index contributed by atoms with van der Waals surface area (Å²) in [7, 11) is -1.60. The fraction of sp³-hybridized carbons (Fsp3) is 1.00. The Kier molecular flexibility index (Phi) is 9.26. The van der Waals surface area contributed by atoms with E-state index in [4.69, 9.17) is 4.43 Å². The molecule has 0 amide bonds. The van der Waals surface area contributed by atoms with Gasteiger partial charge in [-0.15, -0.1) is 0 Å². The third kappa shape index (κ3) is 5.59. The molecule has 0 rings (SSSR count). The maximum absolute atomic E-state index is 6.52. The molecule has 1 nitrogen and oxygen atoms in total. The van der Waals surface area contributed by atoms with E-state index in [2.05, 4.69) is 48.5 Å². The molecule has 0 saturated carbocycles. The summed E-state index contributed by atoms with van der Waals surface area (Å²) in [6, 6.07) is 2.72. The van der Waals surface area contributed by atoms with Crippen LogP contribution in [0.25, 0.3) is 0 Å². The zero-order chi connectivity index (χ0) is 14.9. The van der Waals surface area contributed by atoms with Crippen molar-refractivity contribution in [2.45, 2.75) is 98.2 Å². The Morgan fingerprint density at radius 2 is 1.63 bits per heavy atom. The Labute approximate surface area is 123 Å². The maximum atomic E-state index is 6.52. The topological polar surface area (TPSA) is 9.23 Å². The van der Waals surface area contributed by atoms with Gasteiger partial charge in [-0.3, -0.25) is 0 Å². The molecule has 0 bridgehead atoms. The standard InChI is InChI=1S/C17H38OSi/c1-8-13-14-19(18-12-5,16(6)9-2)15-17(7,10-3)11-4/h16H,8-15H2,1-7H3. The van der Waals surface area contributed by atoms with Crippen molar-refractivity contribution >= 4 is 8.32 Å². The Morgan fingerprint density at radius 3 is 2.00 bits per heavy atom. The van der Waals surface area contributed by atoms with Crippen LogP contribution in [-0.2, 0) is 4.43 Å². The van der Waals surface area contributed by atoms with Crippen LogP contribution in [-0.4, -0.2) is 14.9 Å². The van der Waals surface area contributed by atoms with Crippen LogP contribution in [0.4, 0.5) is 0 Å². The molecule has 0 saturated heterocycles. The van der Waals surface area contributed by atoms with Gasteiger partial charge in [0.15, 0.2) is 8.32 Å². The van der Waals surface area contributed by atoms with E-state index in [1.807, 2.05) is 0 Å². The first kappa shape index (κ1) is 19.2. The van der Waals surface area contributed by atoms with Gasteiger partial charge in [0, 0.05) is 6.61 Å². The number of rotatable bonds is 11. The van der Waals surface area contributed by atoms with Gasteiger partial charge in [-0.25, -0.2) is 0 Å². The van der Waals surface area contributed by atoms with E-state index in [9.17, 15) is 0 Å². The van der Waals surface area contributed by atoms with Crippen molar-refractivity contribution in [1.82, 2.24) is 0 Å². The summed E-state index contributed by atoms with van der Waals surface area (Å²) in [6.45, 7) is 17.4. The van der Waals surface area contributed by atoms with E-state index in [0.717, 1.165) is 12.1 Å². The first-order valence-corrected chi connectivity index (χ1v) is 11.0. The maximum Gasteiger partial charge on any atom is 0.196 e. The fourth-order valence-electron chi connectivity index (χ4n) is 3.13. The second kappa shape index (κ2) is 9.18. The molecule has 0 heterocycles. The summed E-state index contributed by atoms with van der Waals surface area (Å²) < 4.78 is 6.52. The number of unbranched alkanes of at least 4 members (excludes halogenated alkanes) is 1. The van der Waals surface area contributed by atoms with Crippen molar-refractivity contribution in [2.24, 2.45) is 5.41 Å². The van der Waals surface area contributed by atoms with Crippen molar-refractivity contribution < 1.29 is 4.43 Å². The summed E-state index contributed by atoms with van der Waals surface area (Å²) in [6.07, 6.45) is 6.49. The summed E-state index contributed by atoms with van der Waals surface area (Å²) in [5.74, 6) is 0. The van der Waals surface area contributed by atoms with E-state index in [-0.39, 0.29) is 0 Å². The van der Waals surface area contributed by atoms with Crippen LogP contribution in [0.5, 0.6) is 0 Å². The highest BCUT2D eigenvalue weighted by atomic mass is 28.4. The molecule has 2 unspecified atom stereocenters. The van der Waals surface area contributed by atoms with Gasteiger partial charge in [0.2, 0.25) is 0 Å². The lowest BCUT2D eigenvalue weighted by Gasteiger charge is -2.43. The molecule has 0 aliphatic heterocycles. The van der Waals surface area contributed by atoms with Gasteiger partial charge in [-0.1, -0.05) is 73.6 Å². The molecule has 0 aromatic rings. The molecule has 2 atom stereocenters. The van der Waals surface area contributed by atoms with E-state index < -0.39 is 8.32 Å². The van der Waals surface area contributed by atoms with E-state index in [1.165, 1.54) is 44.2 Å². The van der Waals surface area contributed by atoms with Gasteiger partial charge in [0.1, 0.15) is 0 Å². The van der Waals surface area contributed by atoms with Crippen molar-refractivity contribution in [2.75, 3.05) is 6.61 Å². The smallest absolute Gasteiger partial charge is 0.196 e. The quantitative estimate of drug-likeness (QED) is 0.400. The normalized spacial score (nSPS) is 17.2. The molecule has 116 valence electrons. The van der Waals surface area contributed by atoms with Gasteiger partial charge in [-0.2, -0.15) is 0 Å². The van der Waals surface area contributed by atoms with E-state index >= 15 is 0 Å². The first-order chi connectivity index (χ1) is 8.93.